The molecule has 3 N–H and O–H groups in total. The molecule has 1 aromatic carbocycles. The van der Waals surface area contributed by atoms with E-state index in [1.807, 2.05) is 32.0 Å². The van der Waals surface area contributed by atoms with E-state index >= 15 is 0 Å². The van der Waals surface area contributed by atoms with E-state index in [0.29, 0.717) is 13.1 Å². The maximum atomic E-state index is 11.8. The van der Waals surface area contributed by atoms with Gasteiger partial charge in [0.1, 0.15) is 0 Å². The molecule has 2 rings (SSSR count). The molecule has 7 nitrogen and oxygen atoms in total. The number of benzene rings is 1. The minimum Gasteiger partial charge on any atom is -0.376 e. The predicted molar refractivity (Wildman–Crippen MR) is 94.7 cm³/mol. The monoisotopic (exact) mass is 350 g/mol. The summed E-state index contributed by atoms with van der Waals surface area (Å²) in [5.74, 6) is 0.108. The number of thioether (sulfide) groups is 1. The molecule has 1 fully saturated rings. The number of nitrogens with zero attached hydrogens (tertiary/aromatic N) is 1. The minimum absolute atomic E-state index is 0.00417. The highest BCUT2D eigenvalue weighted by Gasteiger charge is 2.21. The SMILES string of the molecule is Cc1ccc(NCC(=O)NNC(=O)CCN2CCSC2=O)c(C)c1. The highest BCUT2D eigenvalue weighted by atomic mass is 32.2. The molecule has 0 bridgehead atoms. The van der Waals surface area contributed by atoms with Crippen molar-refractivity contribution < 1.29 is 14.4 Å². The number of carbonyl (C=O) groups excluding carboxylic acids is 3. The van der Waals surface area contributed by atoms with Gasteiger partial charge in [-0.05, 0) is 25.5 Å². The third-order valence-corrected chi connectivity index (χ3v) is 4.51. The maximum Gasteiger partial charge on any atom is 0.281 e. The molecule has 24 heavy (non-hydrogen) atoms. The summed E-state index contributed by atoms with van der Waals surface area (Å²) in [6.45, 7) is 5.07. The Bertz CT molecular complexity index is 636. The fourth-order valence-electron chi connectivity index (χ4n) is 2.30. The second kappa shape index (κ2) is 8.58. The van der Waals surface area contributed by atoms with Gasteiger partial charge in [-0.3, -0.25) is 25.2 Å². The average Bonchev–Trinajstić information content (AvgIpc) is 2.95. The van der Waals surface area contributed by atoms with E-state index in [2.05, 4.69) is 16.2 Å². The Kier molecular flexibility index (Phi) is 6.48. The van der Waals surface area contributed by atoms with Crippen LogP contribution in [0.4, 0.5) is 10.5 Å². The van der Waals surface area contributed by atoms with Crippen molar-refractivity contribution in [2.75, 3.05) is 30.7 Å². The van der Waals surface area contributed by atoms with Crippen molar-refractivity contribution in [3.63, 3.8) is 0 Å². The Hall–Kier alpha value is -2.22. The molecule has 0 saturated carbocycles. The van der Waals surface area contributed by atoms with Crippen molar-refractivity contribution in [2.45, 2.75) is 20.3 Å². The zero-order chi connectivity index (χ0) is 17.5. The second-order valence-corrected chi connectivity index (χ2v) is 6.67. The van der Waals surface area contributed by atoms with Gasteiger partial charge in [0, 0.05) is 31.0 Å². The van der Waals surface area contributed by atoms with Crippen molar-refractivity contribution in [2.24, 2.45) is 0 Å². The van der Waals surface area contributed by atoms with Crippen LogP contribution < -0.4 is 16.2 Å². The lowest BCUT2D eigenvalue weighted by atomic mass is 10.1. The van der Waals surface area contributed by atoms with E-state index in [0.717, 1.165) is 22.6 Å². The second-order valence-electron chi connectivity index (χ2n) is 5.62. The molecule has 1 aliphatic heterocycles. The number of hydrogen-bond donors (Lipinski definition) is 3. The van der Waals surface area contributed by atoms with E-state index < -0.39 is 0 Å². The zero-order valence-corrected chi connectivity index (χ0v) is 14.7. The molecule has 3 amide bonds. The van der Waals surface area contributed by atoms with Crippen LogP contribution in [-0.4, -0.2) is 47.3 Å². The van der Waals surface area contributed by atoms with Crippen LogP contribution in [0, 0.1) is 13.8 Å². The first kappa shape index (κ1) is 18.1. The van der Waals surface area contributed by atoms with E-state index in [9.17, 15) is 14.4 Å². The van der Waals surface area contributed by atoms with Crippen LogP contribution in [0.1, 0.15) is 17.5 Å². The number of amides is 3. The molecule has 0 spiro atoms. The third kappa shape index (κ3) is 5.45. The number of rotatable bonds is 6. The molecule has 1 aromatic rings. The number of hydrazine groups is 1. The molecule has 0 atom stereocenters. The van der Waals surface area contributed by atoms with Crippen molar-refractivity contribution in [1.82, 2.24) is 15.8 Å². The van der Waals surface area contributed by atoms with Crippen LogP contribution in [-0.2, 0) is 9.59 Å². The first-order chi connectivity index (χ1) is 11.5. The maximum absolute atomic E-state index is 11.8. The molecule has 0 unspecified atom stereocenters. The zero-order valence-electron chi connectivity index (χ0n) is 13.8. The fraction of sp³-hybridized carbons (Fsp3) is 0.438. The summed E-state index contributed by atoms with van der Waals surface area (Å²) in [6.07, 6.45) is 0.164. The Labute approximate surface area is 145 Å². The van der Waals surface area contributed by atoms with Crippen LogP contribution in [0.3, 0.4) is 0 Å². The van der Waals surface area contributed by atoms with Gasteiger partial charge < -0.3 is 10.2 Å². The Balaban J connectivity index is 1.65. The number of anilines is 1. The Morgan fingerprint density at radius 3 is 2.62 bits per heavy atom. The van der Waals surface area contributed by atoms with Crippen molar-refractivity contribution in [3.05, 3.63) is 29.3 Å². The van der Waals surface area contributed by atoms with Crippen LogP contribution in [0.25, 0.3) is 0 Å². The first-order valence-electron chi connectivity index (χ1n) is 7.76. The molecular weight excluding hydrogens is 328 g/mol. The van der Waals surface area contributed by atoms with Crippen LogP contribution >= 0.6 is 11.8 Å². The fourth-order valence-corrected chi connectivity index (χ4v) is 3.15. The topological polar surface area (TPSA) is 90.5 Å². The summed E-state index contributed by atoms with van der Waals surface area (Å²) in [7, 11) is 0. The molecule has 1 aliphatic rings. The quantitative estimate of drug-likeness (QED) is 0.675. The molecule has 0 aromatic heterocycles. The van der Waals surface area contributed by atoms with Crippen LogP contribution in [0.15, 0.2) is 18.2 Å². The van der Waals surface area contributed by atoms with Gasteiger partial charge >= 0.3 is 0 Å². The lowest BCUT2D eigenvalue weighted by molar-refractivity contribution is -0.128. The molecule has 0 aliphatic carbocycles. The number of nitrogens with one attached hydrogen (secondary N) is 3. The summed E-state index contributed by atoms with van der Waals surface area (Å²) >= 11 is 1.26. The Morgan fingerprint density at radius 2 is 1.96 bits per heavy atom. The molecular formula is C16H22N4O3S. The largest absolute Gasteiger partial charge is 0.376 e. The lowest BCUT2D eigenvalue weighted by Gasteiger charge is -2.14. The molecule has 130 valence electrons. The van der Waals surface area contributed by atoms with Crippen molar-refractivity contribution >= 4 is 34.5 Å². The van der Waals surface area contributed by atoms with E-state index in [1.165, 1.54) is 11.8 Å². The van der Waals surface area contributed by atoms with Crippen molar-refractivity contribution in [1.29, 1.82) is 0 Å². The molecule has 1 heterocycles. The van der Waals surface area contributed by atoms with Gasteiger partial charge in [-0.1, -0.05) is 29.5 Å². The predicted octanol–water partition coefficient (Wildman–Crippen LogP) is 1.42. The first-order valence-corrected chi connectivity index (χ1v) is 8.75. The summed E-state index contributed by atoms with van der Waals surface area (Å²) < 4.78 is 0. The molecule has 0 radical (unpaired) electrons. The minimum atomic E-state index is -0.337. The molecule has 1 saturated heterocycles. The molecule has 8 heteroatoms. The summed E-state index contributed by atoms with van der Waals surface area (Å²) in [6, 6.07) is 5.91. The standard InChI is InChI=1S/C16H22N4O3S/c1-11-3-4-13(12(2)9-11)17-10-15(22)19-18-14(21)5-6-20-7-8-24-16(20)23/h3-4,9,17H,5-8,10H2,1-2H3,(H,18,21)(H,19,22). The van der Waals surface area contributed by atoms with Crippen molar-refractivity contribution in [3.8, 4) is 0 Å². The van der Waals surface area contributed by atoms with Gasteiger partial charge in [0.05, 0.1) is 6.54 Å². The van der Waals surface area contributed by atoms with Gasteiger partial charge in [-0.2, -0.15) is 0 Å². The van der Waals surface area contributed by atoms with Gasteiger partial charge in [-0.25, -0.2) is 0 Å². The highest BCUT2D eigenvalue weighted by molar-refractivity contribution is 8.13. The van der Waals surface area contributed by atoms with Crippen LogP contribution in [0.5, 0.6) is 0 Å². The summed E-state index contributed by atoms with van der Waals surface area (Å²) in [5, 5.41) is 3.03. The smallest absolute Gasteiger partial charge is 0.281 e. The lowest BCUT2D eigenvalue weighted by Crippen LogP contribution is -2.45. The normalized spacial score (nSPS) is 13.8. The van der Waals surface area contributed by atoms with E-state index in [-0.39, 0.29) is 30.0 Å². The summed E-state index contributed by atoms with van der Waals surface area (Å²) in [4.78, 5) is 36.5. The highest BCUT2D eigenvalue weighted by Crippen LogP contribution is 2.17. The van der Waals surface area contributed by atoms with Crippen LogP contribution in [0.2, 0.25) is 0 Å². The van der Waals surface area contributed by atoms with E-state index in [4.69, 9.17) is 0 Å². The van der Waals surface area contributed by atoms with Gasteiger partial charge in [0.15, 0.2) is 0 Å². The summed E-state index contributed by atoms with van der Waals surface area (Å²) in [5.41, 5.74) is 7.81. The number of carbonyl (C=O) groups is 3. The Morgan fingerprint density at radius 1 is 1.21 bits per heavy atom. The van der Waals surface area contributed by atoms with E-state index in [1.54, 1.807) is 4.90 Å². The number of aryl methyl sites for hydroxylation is 2. The van der Waals surface area contributed by atoms with Gasteiger partial charge in [0.25, 0.3) is 11.1 Å². The average molecular weight is 350 g/mol. The third-order valence-electron chi connectivity index (χ3n) is 3.62. The van der Waals surface area contributed by atoms with Gasteiger partial charge in [-0.15, -0.1) is 0 Å². The number of hydrogen-bond acceptors (Lipinski definition) is 5. The van der Waals surface area contributed by atoms with Gasteiger partial charge in [0.2, 0.25) is 5.91 Å².